The second-order valence-electron chi connectivity index (χ2n) is 8.91. The van der Waals surface area contributed by atoms with E-state index in [-0.39, 0.29) is 41.2 Å². The number of anilines is 2. The van der Waals surface area contributed by atoms with E-state index in [1.165, 1.54) is 41.3 Å². The number of hydrogen-bond donors (Lipinski definition) is 1. The molecule has 0 bridgehead atoms. The van der Waals surface area contributed by atoms with Crippen molar-refractivity contribution < 1.29 is 58.6 Å². The van der Waals surface area contributed by atoms with Gasteiger partial charge in [0.25, 0.3) is 11.8 Å². The van der Waals surface area contributed by atoms with E-state index in [2.05, 4.69) is 4.74 Å². The number of para-hydroxylation sites is 1. The molecule has 0 heterocycles. The predicted octanol–water partition coefficient (Wildman–Crippen LogP) is 8.03. The Kier molecular flexibility index (Phi) is 10.2. The molecule has 3 rings (SSSR count). The van der Waals surface area contributed by atoms with E-state index in [4.69, 9.17) is 21.6 Å². The summed E-state index contributed by atoms with van der Waals surface area (Å²) in [5, 5.41) is 9.73. The average molecular weight is 668 g/mol. The minimum Gasteiger partial charge on any atom is -0.494 e. The molecule has 45 heavy (non-hydrogen) atoms. The van der Waals surface area contributed by atoms with E-state index in [1.807, 2.05) is 11.4 Å². The highest BCUT2D eigenvalue weighted by atomic mass is 35.5. The Morgan fingerprint density at radius 1 is 1.00 bits per heavy atom. The number of nitrogens with one attached hydrogen (secondary N) is 1. The van der Waals surface area contributed by atoms with Crippen molar-refractivity contribution >= 4 is 34.8 Å². The lowest BCUT2D eigenvalue weighted by Gasteiger charge is -2.31. The largest absolute Gasteiger partial charge is 0.494 e. The summed E-state index contributed by atoms with van der Waals surface area (Å²) in [5.74, 6) is -3.62. The van der Waals surface area contributed by atoms with Gasteiger partial charge in [-0.1, -0.05) is 17.7 Å². The number of nitriles is 1. The van der Waals surface area contributed by atoms with Crippen LogP contribution in [0.5, 0.6) is 11.5 Å². The Bertz CT molecular complexity index is 1610. The number of nitrogens with zero attached hydrogens (tertiary/aromatic N) is 2. The zero-order valence-electron chi connectivity index (χ0n) is 22.8. The van der Waals surface area contributed by atoms with Crippen LogP contribution in [0.3, 0.4) is 0 Å². The third-order valence-corrected chi connectivity index (χ3v) is 6.54. The molecule has 0 saturated heterocycles. The maximum absolute atomic E-state index is 14.7. The molecule has 0 aromatic heterocycles. The molecule has 17 heteroatoms. The van der Waals surface area contributed by atoms with Crippen LogP contribution in [-0.4, -0.2) is 44.4 Å². The Hall–Kier alpha value is -4.65. The van der Waals surface area contributed by atoms with Gasteiger partial charge in [-0.15, -0.1) is 0 Å². The van der Waals surface area contributed by atoms with Crippen molar-refractivity contribution in [2.24, 2.45) is 0 Å². The van der Waals surface area contributed by atoms with Gasteiger partial charge in [0.2, 0.25) is 0 Å². The molecular weight excluding hydrogens is 649 g/mol. The van der Waals surface area contributed by atoms with E-state index in [9.17, 15) is 49.1 Å². The lowest BCUT2D eigenvalue weighted by molar-refractivity contribution is -0.348. The number of amides is 2. The summed E-state index contributed by atoms with van der Waals surface area (Å²) >= 11 is 5.82. The molecule has 0 aliphatic rings. The second kappa shape index (κ2) is 13.1. The third-order valence-electron chi connectivity index (χ3n) is 6.24. The van der Waals surface area contributed by atoms with Crippen molar-refractivity contribution in [3.05, 3.63) is 81.9 Å². The van der Waals surface area contributed by atoms with Crippen molar-refractivity contribution in [2.75, 3.05) is 23.9 Å². The molecule has 240 valence electrons. The van der Waals surface area contributed by atoms with Crippen LogP contribution in [0.4, 0.5) is 50.9 Å². The molecule has 7 nitrogen and oxygen atoms in total. The Labute approximate surface area is 253 Å². The van der Waals surface area contributed by atoms with Gasteiger partial charge in [0.1, 0.15) is 5.69 Å². The molecule has 3 aromatic rings. The minimum atomic E-state index is -6.60. The van der Waals surface area contributed by atoms with Crippen LogP contribution >= 0.6 is 11.6 Å². The first-order chi connectivity index (χ1) is 20.9. The molecule has 0 aliphatic heterocycles. The highest BCUT2D eigenvalue weighted by Crippen LogP contribution is 2.55. The first kappa shape index (κ1) is 34.8. The van der Waals surface area contributed by atoms with Crippen LogP contribution in [-0.2, 0) is 5.67 Å². The molecule has 3 aromatic carbocycles. The number of methoxy groups -OCH3 is 1. The zero-order chi connectivity index (χ0) is 33.9. The normalized spacial score (nSPS) is 12.0. The minimum absolute atomic E-state index is 0.0172. The molecule has 0 atom stereocenters. The summed E-state index contributed by atoms with van der Waals surface area (Å²) in [7, 11) is 1.11. The van der Waals surface area contributed by atoms with Crippen molar-refractivity contribution in [3.63, 3.8) is 0 Å². The van der Waals surface area contributed by atoms with Gasteiger partial charge in [-0.25, -0.2) is 4.39 Å². The van der Waals surface area contributed by atoms with Gasteiger partial charge in [-0.3, -0.25) is 9.59 Å². The summed E-state index contributed by atoms with van der Waals surface area (Å²) in [5.41, 5.74) is -9.25. The zero-order valence-corrected chi connectivity index (χ0v) is 23.5. The number of benzene rings is 3. The van der Waals surface area contributed by atoms with E-state index >= 15 is 0 Å². The summed E-state index contributed by atoms with van der Waals surface area (Å²) in [6.07, 6.45) is -13.2. The smallest absolute Gasteiger partial charge is 0.435 e. The van der Waals surface area contributed by atoms with Crippen molar-refractivity contribution in [1.82, 2.24) is 0 Å². The van der Waals surface area contributed by atoms with Crippen LogP contribution < -0.4 is 19.7 Å². The monoisotopic (exact) mass is 667 g/mol. The lowest BCUT2D eigenvalue weighted by Crippen LogP contribution is -2.50. The molecule has 0 fully saturated rings. The van der Waals surface area contributed by atoms with E-state index in [0.717, 1.165) is 13.2 Å². The van der Waals surface area contributed by atoms with Gasteiger partial charge in [-0.05, 0) is 55.5 Å². The fourth-order valence-electron chi connectivity index (χ4n) is 4.16. The summed E-state index contributed by atoms with van der Waals surface area (Å²) in [4.78, 5) is 27.7. The van der Waals surface area contributed by atoms with Gasteiger partial charge in [0, 0.05) is 17.7 Å². The van der Waals surface area contributed by atoms with Crippen LogP contribution in [0.15, 0.2) is 54.6 Å². The standard InChI is InChI=1S/C28H19ClF9N3O4/c1-3-41(24(43)15-9-7-14(13-39)8-10-15)19-6-4-5-17(22(19)44-2)23(42)40-21-18(29)11-16(12-20(21)45-25(30)31)26(32,27(33,34)35)28(36,37)38/h4-12,25H,3H2,1-2H3,(H,40,42). The van der Waals surface area contributed by atoms with Gasteiger partial charge in [0.05, 0.1) is 35.0 Å². The summed E-state index contributed by atoms with van der Waals surface area (Å²) in [6, 6.07) is 10.8. The number of halogens is 10. The fourth-order valence-corrected chi connectivity index (χ4v) is 4.41. The number of carbonyl (C=O) groups excluding carboxylic acids is 2. The molecule has 0 saturated carbocycles. The van der Waals surface area contributed by atoms with Gasteiger partial charge in [0.15, 0.2) is 11.5 Å². The van der Waals surface area contributed by atoms with Crippen LogP contribution in [0.2, 0.25) is 5.02 Å². The molecule has 0 spiro atoms. The number of hydrogen-bond acceptors (Lipinski definition) is 5. The van der Waals surface area contributed by atoms with Crippen LogP contribution in [0.25, 0.3) is 0 Å². The number of carbonyl (C=O) groups is 2. The molecular formula is C28H19ClF9N3O4. The van der Waals surface area contributed by atoms with E-state index in [0.29, 0.717) is 0 Å². The quantitative estimate of drug-likeness (QED) is 0.233. The van der Waals surface area contributed by atoms with Crippen molar-refractivity contribution in [3.8, 4) is 17.6 Å². The van der Waals surface area contributed by atoms with E-state index in [1.54, 1.807) is 6.92 Å². The average Bonchev–Trinajstić information content (AvgIpc) is 2.96. The van der Waals surface area contributed by atoms with Crippen molar-refractivity contribution in [2.45, 2.75) is 31.6 Å². The number of rotatable bonds is 9. The highest BCUT2D eigenvalue weighted by molar-refractivity contribution is 6.34. The topological polar surface area (TPSA) is 91.7 Å². The third kappa shape index (κ3) is 6.88. The number of ether oxygens (including phenoxy) is 2. The first-order valence-corrected chi connectivity index (χ1v) is 12.7. The highest BCUT2D eigenvalue weighted by Gasteiger charge is 2.73. The summed E-state index contributed by atoms with van der Waals surface area (Å²) in [6.45, 7) is -2.26. The van der Waals surface area contributed by atoms with E-state index < -0.39 is 64.0 Å². The first-order valence-electron chi connectivity index (χ1n) is 12.3. The predicted molar refractivity (Wildman–Crippen MR) is 142 cm³/mol. The molecule has 1 N–H and O–H groups in total. The molecule has 0 radical (unpaired) electrons. The molecule has 2 amide bonds. The molecule has 0 aliphatic carbocycles. The maximum Gasteiger partial charge on any atom is 0.435 e. The second-order valence-corrected chi connectivity index (χ2v) is 9.32. The van der Waals surface area contributed by atoms with Crippen LogP contribution in [0.1, 0.15) is 38.8 Å². The SMILES string of the molecule is CCN(C(=O)c1ccc(C#N)cc1)c1cccc(C(=O)Nc2c(Cl)cc(C(F)(C(F)(F)F)C(F)(F)F)cc2OC(F)F)c1OC. The Morgan fingerprint density at radius 2 is 1.60 bits per heavy atom. The fraction of sp³-hybridized carbons (Fsp3) is 0.250. The van der Waals surface area contributed by atoms with Gasteiger partial charge < -0.3 is 19.7 Å². The van der Waals surface area contributed by atoms with Crippen LogP contribution in [0, 0.1) is 11.3 Å². The number of alkyl halides is 9. The Morgan fingerprint density at radius 3 is 2.09 bits per heavy atom. The lowest BCUT2D eigenvalue weighted by atomic mass is 9.93. The Balaban J connectivity index is 2.10. The maximum atomic E-state index is 14.7. The van der Waals surface area contributed by atoms with Gasteiger partial charge >= 0.3 is 24.6 Å². The van der Waals surface area contributed by atoms with Crippen molar-refractivity contribution in [1.29, 1.82) is 5.26 Å². The van der Waals surface area contributed by atoms with Gasteiger partial charge in [-0.2, -0.15) is 40.4 Å². The summed E-state index contributed by atoms with van der Waals surface area (Å²) < 4.78 is 130. The molecule has 0 unspecified atom stereocenters.